The number of amides is 2. The molecule has 0 aliphatic carbocycles. The van der Waals surface area contributed by atoms with Gasteiger partial charge in [0.1, 0.15) is 12.2 Å². The number of likely N-dealkylation sites (tertiary alicyclic amines) is 1. The summed E-state index contributed by atoms with van der Waals surface area (Å²) in [4.78, 5) is 25.9. The molecule has 0 aromatic heterocycles. The summed E-state index contributed by atoms with van der Waals surface area (Å²) < 4.78 is 10.8. The van der Waals surface area contributed by atoms with E-state index in [0.717, 1.165) is 30.6 Å². The minimum Gasteiger partial charge on any atom is -0.375 e. The SMILES string of the molecule is COCC(=O)NCC[C@H]1CCOC12CN(C(=O)c1cccc(C)c1)C2. The van der Waals surface area contributed by atoms with Crippen molar-refractivity contribution >= 4 is 11.8 Å². The Labute approximate surface area is 148 Å². The van der Waals surface area contributed by atoms with Crippen LogP contribution in [0.4, 0.5) is 0 Å². The Hall–Kier alpha value is -1.92. The Morgan fingerprint density at radius 3 is 2.92 bits per heavy atom. The van der Waals surface area contributed by atoms with Crippen LogP contribution in [0.3, 0.4) is 0 Å². The highest BCUT2D eigenvalue weighted by Crippen LogP contribution is 2.42. The molecule has 2 saturated heterocycles. The third kappa shape index (κ3) is 3.85. The Balaban J connectivity index is 1.52. The quantitative estimate of drug-likeness (QED) is 0.845. The van der Waals surface area contributed by atoms with Gasteiger partial charge in [-0.25, -0.2) is 0 Å². The lowest BCUT2D eigenvalue weighted by atomic mass is 9.78. The van der Waals surface area contributed by atoms with E-state index in [0.29, 0.717) is 25.6 Å². The van der Waals surface area contributed by atoms with Gasteiger partial charge in [0.15, 0.2) is 0 Å². The highest BCUT2D eigenvalue weighted by atomic mass is 16.5. The monoisotopic (exact) mass is 346 g/mol. The fraction of sp³-hybridized carbons (Fsp3) is 0.579. The van der Waals surface area contributed by atoms with Crippen molar-refractivity contribution in [2.45, 2.75) is 25.4 Å². The van der Waals surface area contributed by atoms with Crippen LogP contribution in [0.25, 0.3) is 0 Å². The molecule has 0 radical (unpaired) electrons. The van der Waals surface area contributed by atoms with Crippen molar-refractivity contribution in [3.63, 3.8) is 0 Å². The van der Waals surface area contributed by atoms with Gasteiger partial charge in [-0.05, 0) is 37.8 Å². The average Bonchev–Trinajstić information content (AvgIpc) is 2.97. The van der Waals surface area contributed by atoms with Crippen molar-refractivity contribution < 1.29 is 19.1 Å². The van der Waals surface area contributed by atoms with Crippen LogP contribution in [0.5, 0.6) is 0 Å². The van der Waals surface area contributed by atoms with E-state index in [2.05, 4.69) is 5.32 Å². The molecule has 6 heteroatoms. The second-order valence-electron chi connectivity index (χ2n) is 7.00. The molecule has 2 amide bonds. The Kier molecular flexibility index (Phi) is 5.39. The number of carbonyl (C=O) groups excluding carboxylic acids is 2. The van der Waals surface area contributed by atoms with Crippen molar-refractivity contribution in [1.82, 2.24) is 10.2 Å². The van der Waals surface area contributed by atoms with Crippen LogP contribution in [-0.4, -0.2) is 62.3 Å². The van der Waals surface area contributed by atoms with Crippen molar-refractivity contribution in [3.05, 3.63) is 35.4 Å². The number of aryl methyl sites for hydroxylation is 1. The van der Waals surface area contributed by atoms with Crippen LogP contribution in [0.15, 0.2) is 24.3 Å². The lowest BCUT2D eigenvalue weighted by Crippen LogP contribution is -2.66. The van der Waals surface area contributed by atoms with Crippen molar-refractivity contribution in [3.8, 4) is 0 Å². The van der Waals surface area contributed by atoms with Crippen LogP contribution in [0, 0.1) is 12.8 Å². The number of nitrogens with one attached hydrogen (secondary N) is 1. The van der Waals surface area contributed by atoms with E-state index in [4.69, 9.17) is 9.47 Å². The third-order valence-electron chi connectivity index (χ3n) is 5.16. The average molecular weight is 346 g/mol. The molecule has 25 heavy (non-hydrogen) atoms. The minimum absolute atomic E-state index is 0.0666. The third-order valence-corrected chi connectivity index (χ3v) is 5.16. The van der Waals surface area contributed by atoms with Gasteiger partial charge in [-0.1, -0.05) is 17.7 Å². The Bertz CT molecular complexity index is 640. The van der Waals surface area contributed by atoms with Crippen LogP contribution < -0.4 is 5.32 Å². The molecule has 2 aliphatic heterocycles. The van der Waals surface area contributed by atoms with E-state index in [9.17, 15) is 9.59 Å². The van der Waals surface area contributed by atoms with E-state index in [1.54, 1.807) is 0 Å². The van der Waals surface area contributed by atoms with Gasteiger partial charge in [0.25, 0.3) is 5.91 Å². The van der Waals surface area contributed by atoms with E-state index in [1.165, 1.54) is 7.11 Å². The molecule has 6 nitrogen and oxygen atoms in total. The summed E-state index contributed by atoms with van der Waals surface area (Å²) in [5, 5.41) is 2.86. The molecule has 1 atom stereocenters. The second kappa shape index (κ2) is 7.54. The highest BCUT2D eigenvalue weighted by molar-refractivity contribution is 5.95. The number of nitrogens with zero attached hydrogens (tertiary/aromatic N) is 1. The molecule has 0 saturated carbocycles. The maximum Gasteiger partial charge on any atom is 0.254 e. The lowest BCUT2D eigenvalue weighted by Gasteiger charge is -2.50. The minimum atomic E-state index is -0.231. The number of ether oxygens (including phenoxy) is 2. The van der Waals surface area contributed by atoms with Gasteiger partial charge < -0.3 is 19.7 Å². The molecular formula is C19H26N2O4. The highest BCUT2D eigenvalue weighted by Gasteiger charge is 2.54. The van der Waals surface area contributed by atoms with Crippen molar-refractivity contribution in [2.75, 3.05) is 40.0 Å². The van der Waals surface area contributed by atoms with Crippen LogP contribution >= 0.6 is 0 Å². The van der Waals surface area contributed by atoms with Gasteiger partial charge in [0, 0.05) is 25.8 Å². The molecule has 1 aromatic rings. The number of carbonyl (C=O) groups is 2. The van der Waals surface area contributed by atoms with Crippen LogP contribution in [0.2, 0.25) is 0 Å². The lowest BCUT2D eigenvalue weighted by molar-refractivity contribution is -0.126. The fourth-order valence-corrected chi connectivity index (χ4v) is 3.81. The number of benzene rings is 1. The Morgan fingerprint density at radius 1 is 1.40 bits per heavy atom. The van der Waals surface area contributed by atoms with E-state index >= 15 is 0 Å². The van der Waals surface area contributed by atoms with Gasteiger partial charge in [0.05, 0.1) is 13.1 Å². The smallest absolute Gasteiger partial charge is 0.254 e. The summed E-state index contributed by atoms with van der Waals surface area (Å²) in [5.41, 5.74) is 1.59. The first kappa shape index (κ1) is 17.9. The molecule has 1 aromatic carbocycles. The van der Waals surface area contributed by atoms with Crippen LogP contribution in [-0.2, 0) is 14.3 Å². The molecule has 2 aliphatic rings. The van der Waals surface area contributed by atoms with Gasteiger partial charge in [-0.3, -0.25) is 9.59 Å². The molecule has 2 heterocycles. The molecule has 1 spiro atoms. The van der Waals surface area contributed by atoms with E-state index in [1.807, 2.05) is 36.1 Å². The van der Waals surface area contributed by atoms with E-state index < -0.39 is 0 Å². The molecule has 3 rings (SSSR count). The van der Waals surface area contributed by atoms with E-state index in [-0.39, 0.29) is 24.0 Å². The predicted octanol–water partition coefficient (Wildman–Crippen LogP) is 1.38. The molecular weight excluding hydrogens is 320 g/mol. The summed E-state index contributed by atoms with van der Waals surface area (Å²) in [5.74, 6) is 0.342. The topological polar surface area (TPSA) is 67.9 Å². The second-order valence-corrected chi connectivity index (χ2v) is 7.00. The van der Waals surface area contributed by atoms with Crippen LogP contribution in [0.1, 0.15) is 28.8 Å². The standard InChI is InChI=1S/C19H26N2O4/c1-14-4-3-5-15(10-14)18(23)21-12-19(13-21)16(7-9-25-19)6-8-20-17(22)11-24-2/h3-5,10,16H,6-9,11-13H2,1-2H3,(H,20,22)/t16-/m0/s1. The summed E-state index contributed by atoms with van der Waals surface area (Å²) in [6.45, 7) is 4.69. The number of hydrogen-bond donors (Lipinski definition) is 1. The van der Waals surface area contributed by atoms with Gasteiger partial charge in [-0.2, -0.15) is 0 Å². The molecule has 0 bridgehead atoms. The normalized spacial score (nSPS) is 21.2. The summed E-state index contributed by atoms with van der Waals surface area (Å²) >= 11 is 0. The van der Waals surface area contributed by atoms with Gasteiger partial charge in [0.2, 0.25) is 5.91 Å². The summed E-state index contributed by atoms with van der Waals surface area (Å²) in [7, 11) is 1.51. The first-order valence-corrected chi connectivity index (χ1v) is 8.79. The molecule has 2 fully saturated rings. The van der Waals surface area contributed by atoms with Crippen molar-refractivity contribution in [2.24, 2.45) is 5.92 Å². The fourth-order valence-electron chi connectivity index (χ4n) is 3.81. The van der Waals surface area contributed by atoms with Gasteiger partial charge in [-0.15, -0.1) is 0 Å². The molecule has 136 valence electrons. The van der Waals surface area contributed by atoms with Gasteiger partial charge >= 0.3 is 0 Å². The number of rotatable bonds is 6. The Morgan fingerprint density at radius 2 is 2.20 bits per heavy atom. The first-order chi connectivity index (χ1) is 12.0. The first-order valence-electron chi connectivity index (χ1n) is 8.79. The van der Waals surface area contributed by atoms with Crippen molar-refractivity contribution in [1.29, 1.82) is 0 Å². The number of methoxy groups -OCH3 is 1. The maximum absolute atomic E-state index is 12.6. The predicted molar refractivity (Wildman–Crippen MR) is 93.4 cm³/mol. The number of hydrogen-bond acceptors (Lipinski definition) is 4. The molecule has 0 unspecified atom stereocenters. The zero-order valence-electron chi connectivity index (χ0n) is 14.9. The maximum atomic E-state index is 12.6. The molecule has 1 N–H and O–H groups in total. The largest absolute Gasteiger partial charge is 0.375 e. The summed E-state index contributed by atoms with van der Waals surface area (Å²) in [6, 6.07) is 7.68. The summed E-state index contributed by atoms with van der Waals surface area (Å²) in [6.07, 6.45) is 1.84. The zero-order chi connectivity index (χ0) is 17.9. The zero-order valence-corrected chi connectivity index (χ0v) is 14.9.